The smallest absolute Gasteiger partial charge is 0.320 e. The third-order valence-corrected chi connectivity index (χ3v) is 4.26. The molecule has 0 saturated heterocycles. The molecule has 0 amide bonds. The summed E-state index contributed by atoms with van der Waals surface area (Å²) in [5.74, 6) is 0. The molecule has 24 heavy (non-hydrogen) atoms. The monoisotopic (exact) mass is 402 g/mol. The topological polar surface area (TPSA) is 61.8 Å². The van der Waals surface area contributed by atoms with Gasteiger partial charge in [-0.2, -0.15) is 16.8 Å². The van der Waals surface area contributed by atoms with Crippen molar-refractivity contribution in [1.82, 2.24) is 17.7 Å². The Morgan fingerprint density at radius 1 is 1.21 bits per heavy atom. The van der Waals surface area contributed by atoms with Crippen molar-refractivity contribution in [2.45, 2.75) is 12.7 Å². The van der Waals surface area contributed by atoms with E-state index >= 15 is 0 Å². The normalized spacial score (nSPS) is 12.0. The number of hydrogen-bond acceptors (Lipinski definition) is 3. The molecule has 6 nitrogen and oxygen atoms in total. The minimum absolute atomic E-state index is 0.00123. The van der Waals surface area contributed by atoms with Crippen molar-refractivity contribution in [1.29, 1.82) is 0 Å². The van der Waals surface area contributed by atoms with Crippen molar-refractivity contribution < 1.29 is 13.2 Å². The van der Waals surface area contributed by atoms with Crippen LogP contribution < -0.4 is 11.2 Å². The molecule has 1 aromatic carbocycles. The minimum atomic E-state index is -4.50. The second kappa shape index (κ2) is 5.62. The highest BCUT2D eigenvalue weighted by molar-refractivity contribution is 9.08. The van der Waals surface area contributed by atoms with Crippen molar-refractivity contribution in [3.05, 3.63) is 62.6 Å². The molecule has 0 aliphatic carbocycles. The Hall–Kier alpha value is -2.36. The number of aryl methyl sites for hydroxylation is 1. The Bertz CT molecular complexity index is 1050. The third-order valence-electron chi connectivity index (χ3n) is 3.64. The molecule has 3 aromatic rings. The van der Waals surface area contributed by atoms with Crippen LogP contribution in [0, 0.1) is 0 Å². The van der Waals surface area contributed by atoms with Gasteiger partial charge in [-0.15, -0.1) is 0 Å². The fourth-order valence-corrected chi connectivity index (χ4v) is 2.88. The van der Waals surface area contributed by atoms with Gasteiger partial charge in [0.05, 0.1) is 28.0 Å². The van der Waals surface area contributed by atoms with Crippen LogP contribution in [0.5, 0.6) is 0 Å². The van der Waals surface area contributed by atoms with Crippen molar-refractivity contribution in [3.63, 3.8) is 0 Å². The van der Waals surface area contributed by atoms with Gasteiger partial charge in [0.1, 0.15) is 0 Å². The van der Waals surface area contributed by atoms with E-state index in [0.717, 1.165) is 10.6 Å². The molecule has 10 heteroatoms. The zero-order valence-corrected chi connectivity index (χ0v) is 13.8. The van der Waals surface area contributed by atoms with Crippen LogP contribution >= 0.6 is 16.1 Å². The highest BCUT2D eigenvalue weighted by Crippen LogP contribution is 2.32. The standard InChI is InChI=1S/C14H10BrF3N4O2/c1-20-11-10(12(23)22(15)13(20)24)21(7-19-11)6-8-4-2-3-5-9(8)14(16,17)18/h2-5,7H,6H2,1H3. The summed E-state index contributed by atoms with van der Waals surface area (Å²) in [6.45, 7) is -0.202. The van der Waals surface area contributed by atoms with Crippen molar-refractivity contribution >= 4 is 27.3 Å². The van der Waals surface area contributed by atoms with Crippen LogP contribution in [0.4, 0.5) is 13.2 Å². The predicted octanol–water partition coefficient (Wildman–Crippen LogP) is 2.12. The first-order valence-electron chi connectivity index (χ1n) is 6.70. The van der Waals surface area contributed by atoms with Crippen LogP contribution in [0.1, 0.15) is 11.1 Å². The summed E-state index contributed by atoms with van der Waals surface area (Å²) in [4.78, 5) is 28.1. The van der Waals surface area contributed by atoms with Gasteiger partial charge in [0.25, 0.3) is 5.56 Å². The van der Waals surface area contributed by atoms with Gasteiger partial charge in [-0.05, 0) is 11.6 Å². The molecular formula is C14H10BrF3N4O2. The van der Waals surface area contributed by atoms with Crippen LogP contribution in [0.2, 0.25) is 0 Å². The summed E-state index contributed by atoms with van der Waals surface area (Å²) in [6.07, 6.45) is -3.26. The SMILES string of the molecule is Cn1c(=O)n(Br)c(=O)c2c1ncn2Cc1ccccc1C(F)(F)F. The number of fused-ring (bicyclic) bond motifs is 1. The number of hydrogen-bond donors (Lipinski definition) is 0. The van der Waals surface area contributed by atoms with E-state index in [9.17, 15) is 22.8 Å². The van der Waals surface area contributed by atoms with E-state index in [4.69, 9.17) is 0 Å². The molecule has 0 saturated carbocycles. The van der Waals surface area contributed by atoms with Gasteiger partial charge in [0, 0.05) is 13.6 Å². The largest absolute Gasteiger partial charge is 0.416 e. The third kappa shape index (κ3) is 2.56. The molecule has 2 aromatic heterocycles. The van der Waals surface area contributed by atoms with Gasteiger partial charge in [0.15, 0.2) is 11.2 Å². The molecule has 0 N–H and O–H groups in total. The Kier molecular flexibility index (Phi) is 3.86. The number of rotatable bonds is 2. The van der Waals surface area contributed by atoms with Crippen LogP contribution in [-0.4, -0.2) is 17.7 Å². The lowest BCUT2D eigenvalue weighted by molar-refractivity contribution is -0.138. The van der Waals surface area contributed by atoms with E-state index in [1.807, 2.05) is 0 Å². The molecule has 0 fully saturated rings. The molecule has 2 heterocycles. The maximum atomic E-state index is 13.1. The Morgan fingerprint density at radius 2 is 1.88 bits per heavy atom. The molecular weight excluding hydrogens is 393 g/mol. The highest BCUT2D eigenvalue weighted by atomic mass is 79.9. The fraction of sp³-hybridized carbons (Fsp3) is 0.214. The first-order chi connectivity index (χ1) is 11.2. The van der Waals surface area contributed by atoms with E-state index in [0.29, 0.717) is 3.59 Å². The average Bonchev–Trinajstić information content (AvgIpc) is 2.94. The Balaban J connectivity index is 2.21. The molecule has 0 unspecified atom stereocenters. The van der Waals surface area contributed by atoms with Crippen molar-refractivity contribution in [3.8, 4) is 0 Å². The van der Waals surface area contributed by atoms with Gasteiger partial charge in [-0.25, -0.2) is 9.78 Å². The Morgan fingerprint density at radius 3 is 2.54 bits per heavy atom. The van der Waals surface area contributed by atoms with Crippen molar-refractivity contribution in [2.24, 2.45) is 7.05 Å². The van der Waals surface area contributed by atoms with E-state index in [1.165, 1.54) is 36.1 Å². The van der Waals surface area contributed by atoms with E-state index in [1.54, 1.807) is 0 Å². The fourth-order valence-electron chi connectivity index (χ4n) is 2.48. The molecule has 0 aliphatic rings. The van der Waals surface area contributed by atoms with Gasteiger partial charge in [0.2, 0.25) is 0 Å². The molecule has 126 valence electrons. The van der Waals surface area contributed by atoms with Gasteiger partial charge in [-0.3, -0.25) is 9.36 Å². The maximum Gasteiger partial charge on any atom is 0.416 e. The van der Waals surface area contributed by atoms with Crippen LogP contribution in [-0.2, 0) is 19.8 Å². The van der Waals surface area contributed by atoms with Crippen LogP contribution in [0.3, 0.4) is 0 Å². The Labute approximate surface area is 141 Å². The molecule has 3 rings (SSSR count). The number of imidazole rings is 1. The summed E-state index contributed by atoms with van der Waals surface area (Å²) >= 11 is 2.85. The molecule has 0 radical (unpaired) electrons. The van der Waals surface area contributed by atoms with Crippen LogP contribution in [0.25, 0.3) is 11.2 Å². The van der Waals surface area contributed by atoms with Gasteiger partial charge < -0.3 is 4.57 Å². The predicted molar refractivity (Wildman–Crippen MR) is 84.1 cm³/mol. The van der Waals surface area contributed by atoms with E-state index < -0.39 is 23.0 Å². The summed E-state index contributed by atoms with van der Waals surface area (Å²) in [7, 11) is 1.42. The number of halogens is 4. The maximum absolute atomic E-state index is 13.1. The lowest BCUT2D eigenvalue weighted by Crippen LogP contribution is -2.34. The minimum Gasteiger partial charge on any atom is -0.320 e. The first-order valence-corrected chi connectivity index (χ1v) is 7.41. The molecule has 0 aliphatic heterocycles. The van der Waals surface area contributed by atoms with E-state index in [-0.39, 0.29) is 23.3 Å². The van der Waals surface area contributed by atoms with Crippen LogP contribution in [0.15, 0.2) is 40.2 Å². The molecule has 0 atom stereocenters. The van der Waals surface area contributed by atoms with Gasteiger partial charge in [-0.1, -0.05) is 18.2 Å². The highest BCUT2D eigenvalue weighted by Gasteiger charge is 2.33. The quantitative estimate of drug-likeness (QED) is 0.659. The lowest BCUT2D eigenvalue weighted by Gasteiger charge is -2.13. The zero-order chi connectivity index (χ0) is 17.6. The number of benzene rings is 1. The average molecular weight is 403 g/mol. The number of alkyl halides is 3. The zero-order valence-electron chi connectivity index (χ0n) is 12.2. The molecule has 0 spiro atoms. The van der Waals surface area contributed by atoms with Gasteiger partial charge >= 0.3 is 11.9 Å². The second-order valence-electron chi connectivity index (χ2n) is 5.13. The summed E-state index contributed by atoms with van der Waals surface area (Å²) < 4.78 is 42.5. The number of aromatic nitrogens is 4. The number of nitrogens with zero attached hydrogens (tertiary/aromatic N) is 4. The first kappa shape index (κ1) is 16.5. The lowest BCUT2D eigenvalue weighted by atomic mass is 10.1. The summed E-state index contributed by atoms with van der Waals surface area (Å²) in [5.41, 5.74) is -1.96. The van der Waals surface area contributed by atoms with Crippen molar-refractivity contribution in [2.75, 3.05) is 0 Å². The summed E-state index contributed by atoms with van der Waals surface area (Å²) in [6, 6.07) is 5.10. The van der Waals surface area contributed by atoms with E-state index in [2.05, 4.69) is 21.1 Å². The second-order valence-corrected chi connectivity index (χ2v) is 5.84. The summed E-state index contributed by atoms with van der Waals surface area (Å²) in [5, 5.41) is 0. The molecule has 0 bridgehead atoms.